The SMILES string of the molecule is CCNC(=NCc1ccccc1OCCN1CCOCC1)NC(C)COC. The van der Waals surface area contributed by atoms with Crippen molar-refractivity contribution in [2.24, 2.45) is 4.99 Å². The summed E-state index contributed by atoms with van der Waals surface area (Å²) >= 11 is 0. The summed E-state index contributed by atoms with van der Waals surface area (Å²) in [4.78, 5) is 7.07. The number of aliphatic imine (C=N–C) groups is 1. The maximum absolute atomic E-state index is 6.04. The van der Waals surface area contributed by atoms with Crippen LogP contribution in [0.2, 0.25) is 0 Å². The van der Waals surface area contributed by atoms with Crippen molar-refractivity contribution in [3.8, 4) is 5.75 Å². The molecule has 0 saturated carbocycles. The van der Waals surface area contributed by atoms with Crippen LogP contribution in [0, 0.1) is 0 Å². The Morgan fingerprint density at radius 2 is 2.07 bits per heavy atom. The second-order valence-corrected chi connectivity index (χ2v) is 6.61. The van der Waals surface area contributed by atoms with E-state index in [4.69, 9.17) is 19.2 Å². The Kier molecular flexibility index (Phi) is 9.97. The molecule has 7 nitrogen and oxygen atoms in total. The third-order valence-corrected chi connectivity index (χ3v) is 4.29. The molecule has 2 N–H and O–H groups in total. The number of guanidine groups is 1. The van der Waals surface area contributed by atoms with Gasteiger partial charge in [-0.2, -0.15) is 0 Å². The highest BCUT2D eigenvalue weighted by molar-refractivity contribution is 5.80. The average Bonchev–Trinajstić information content (AvgIpc) is 2.68. The highest BCUT2D eigenvalue weighted by Gasteiger charge is 2.11. The van der Waals surface area contributed by atoms with Crippen molar-refractivity contribution in [1.82, 2.24) is 15.5 Å². The van der Waals surface area contributed by atoms with Gasteiger partial charge < -0.3 is 24.8 Å². The minimum atomic E-state index is 0.188. The molecule has 1 aliphatic rings. The lowest BCUT2D eigenvalue weighted by Crippen LogP contribution is -2.43. The molecule has 1 heterocycles. The number of nitrogens with one attached hydrogen (secondary N) is 2. The van der Waals surface area contributed by atoms with Crippen molar-refractivity contribution in [2.75, 3.05) is 59.7 Å². The van der Waals surface area contributed by atoms with Gasteiger partial charge >= 0.3 is 0 Å². The molecule has 1 unspecified atom stereocenters. The number of ether oxygens (including phenoxy) is 3. The third kappa shape index (κ3) is 8.15. The smallest absolute Gasteiger partial charge is 0.191 e. The Labute approximate surface area is 163 Å². The maximum atomic E-state index is 6.04. The lowest BCUT2D eigenvalue weighted by atomic mass is 10.2. The summed E-state index contributed by atoms with van der Waals surface area (Å²) in [5.41, 5.74) is 1.08. The summed E-state index contributed by atoms with van der Waals surface area (Å²) in [6.45, 7) is 11.3. The first-order valence-corrected chi connectivity index (χ1v) is 9.77. The third-order valence-electron chi connectivity index (χ3n) is 4.29. The first-order chi connectivity index (χ1) is 13.2. The lowest BCUT2D eigenvalue weighted by Gasteiger charge is -2.26. The molecule has 0 aromatic heterocycles. The largest absolute Gasteiger partial charge is 0.492 e. The number of benzene rings is 1. The van der Waals surface area contributed by atoms with Crippen LogP contribution in [-0.4, -0.2) is 76.6 Å². The zero-order chi connectivity index (χ0) is 19.3. The Morgan fingerprint density at radius 3 is 2.81 bits per heavy atom. The molecule has 152 valence electrons. The fourth-order valence-corrected chi connectivity index (χ4v) is 2.89. The second kappa shape index (κ2) is 12.5. The minimum Gasteiger partial charge on any atom is -0.492 e. The van der Waals surface area contributed by atoms with E-state index in [2.05, 4.69) is 35.4 Å². The summed E-state index contributed by atoms with van der Waals surface area (Å²) in [6, 6.07) is 8.29. The van der Waals surface area contributed by atoms with E-state index in [0.29, 0.717) is 19.8 Å². The normalized spacial score (nSPS) is 16.8. The van der Waals surface area contributed by atoms with E-state index in [0.717, 1.165) is 56.7 Å². The Balaban J connectivity index is 1.90. The quantitative estimate of drug-likeness (QED) is 0.475. The summed E-state index contributed by atoms with van der Waals surface area (Å²) in [7, 11) is 1.70. The molecule has 1 aromatic rings. The molecule has 1 saturated heterocycles. The summed E-state index contributed by atoms with van der Waals surface area (Å²) in [5, 5.41) is 6.62. The van der Waals surface area contributed by atoms with Crippen molar-refractivity contribution in [2.45, 2.75) is 26.4 Å². The lowest BCUT2D eigenvalue weighted by molar-refractivity contribution is 0.0322. The second-order valence-electron chi connectivity index (χ2n) is 6.61. The van der Waals surface area contributed by atoms with Crippen molar-refractivity contribution in [3.63, 3.8) is 0 Å². The summed E-state index contributed by atoms with van der Waals surface area (Å²) < 4.78 is 16.6. The molecule has 0 aliphatic carbocycles. The molecule has 27 heavy (non-hydrogen) atoms. The number of methoxy groups -OCH3 is 1. The van der Waals surface area contributed by atoms with Crippen LogP contribution < -0.4 is 15.4 Å². The Bertz CT molecular complexity index is 562. The molecule has 2 rings (SSSR count). The van der Waals surface area contributed by atoms with Crippen LogP contribution >= 0.6 is 0 Å². The number of nitrogens with zero attached hydrogens (tertiary/aromatic N) is 2. The van der Waals surface area contributed by atoms with Gasteiger partial charge in [-0.1, -0.05) is 18.2 Å². The predicted octanol–water partition coefficient (Wildman–Crippen LogP) is 1.49. The monoisotopic (exact) mass is 378 g/mol. The highest BCUT2D eigenvalue weighted by Crippen LogP contribution is 2.19. The molecule has 1 aliphatic heterocycles. The summed E-state index contributed by atoms with van der Waals surface area (Å²) in [6.07, 6.45) is 0. The predicted molar refractivity (Wildman–Crippen MR) is 108 cm³/mol. The topological polar surface area (TPSA) is 67.4 Å². The van der Waals surface area contributed by atoms with Crippen LogP contribution in [0.15, 0.2) is 29.3 Å². The maximum Gasteiger partial charge on any atom is 0.191 e. The molecular formula is C20H34N4O3. The van der Waals surface area contributed by atoms with Crippen LogP contribution in [0.3, 0.4) is 0 Å². The number of hydrogen-bond donors (Lipinski definition) is 2. The van der Waals surface area contributed by atoms with Crippen molar-refractivity contribution in [1.29, 1.82) is 0 Å². The molecule has 7 heteroatoms. The molecule has 1 aromatic carbocycles. The van der Waals surface area contributed by atoms with E-state index in [-0.39, 0.29) is 6.04 Å². The molecular weight excluding hydrogens is 344 g/mol. The van der Waals surface area contributed by atoms with E-state index in [1.165, 1.54) is 0 Å². The first kappa shape index (κ1) is 21.5. The number of para-hydroxylation sites is 1. The van der Waals surface area contributed by atoms with E-state index in [1.807, 2.05) is 18.2 Å². The van der Waals surface area contributed by atoms with Gasteiger partial charge in [0.05, 0.1) is 26.4 Å². The standard InChI is InChI=1S/C20H34N4O3/c1-4-21-20(23-17(2)16-25-3)22-15-18-7-5-6-8-19(18)27-14-11-24-9-12-26-13-10-24/h5-8,17H,4,9-16H2,1-3H3,(H2,21,22,23). The van der Waals surface area contributed by atoms with Crippen LogP contribution in [0.4, 0.5) is 0 Å². The number of morpholine rings is 1. The van der Waals surface area contributed by atoms with Gasteiger partial charge in [0.15, 0.2) is 5.96 Å². The van der Waals surface area contributed by atoms with Gasteiger partial charge in [-0.05, 0) is 19.9 Å². The van der Waals surface area contributed by atoms with Crippen LogP contribution in [0.5, 0.6) is 5.75 Å². The Hall–Kier alpha value is -1.83. The zero-order valence-electron chi connectivity index (χ0n) is 16.9. The minimum absolute atomic E-state index is 0.188. The van der Waals surface area contributed by atoms with Crippen molar-refractivity contribution in [3.05, 3.63) is 29.8 Å². The molecule has 0 amide bonds. The zero-order valence-corrected chi connectivity index (χ0v) is 16.9. The fraction of sp³-hybridized carbons (Fsp3) is 0.650. The van der Waals surface area contributed by atoms with Gasteiger partial charge in [-0.25, -0.2) is 4.99 Å². The molecule has 0 bridgehead atoms. The van der Waals surface area contributed by atoms with E-state index in [9.17, 15) is 0 Å². The van der Waals surface area contributed by atoms with Crippen LogP contribution in [-0.2, 0) is 16.0 Å². The highest BCUT2D eigenvalue weighted by atomic mass is 16.5. The van der Waals surface area contributed by atoms with Crippen molar-refractivity contribution >= 4 is 5.96 Å². The van der Waals surface area contributed by atoms with Crippen molar-refractivity contribution < 1.29 is 14.2 Å². The fourth-order valence-electron chi connectivity index (χ4n) is 2.89. The van der Waals surface area contributed by atoms with E-state index < -0.39 is 0 Å². The number of rotatable bonds is 10. The van der Waals surface area contributed by atoms with Crippen LogP contribution in [0.25, 0.3) is 0 Å². The van der Waals surface area contributed by atoms with Gasteiger partial charge in [0.1, 0.15) is 12.4 Å². The molecule has 1 fully saturated rings. The Morgan fingerprint density at radius 1 is 1.30 bits per heavy atom. The van der Waals surface area contributed by atoms with Gasteiger partial charge in [0.2, 0.25) is 0 Å². The molecule has 1 atom stereocenters. The first-order valence-electron chi connectivity index (χ1n) is 9.77. The summed E-state index contributed by atoms with van der Waals surface area (Å²) in [5.74, 6) is 1.68. The average molecular weight is 379 g/mol. The number of hydrogen-bond acceptors (Lipinski definition) is 5. The van der Waals surface area contributed by atoms with Gasteiger partial charge in [-0.3, -0.25) is 4.90 Å². The van der Waals surface area contributed by atoms with Gasteiger partial charge in [0, 0.05) is 44.9 Å². The van der Waals surface area contributed by atoms with E-state index in [1.54, 1.807) is 7.11 Å². The van der Waals surface area contributed by atoms with Crippen LogP contribution in [0.1, 0.15) is 19.4 Å². The van der Waals surface area contributed by atoms with E-state index >= 15 is 0 Å². The molecule has 0 radical (unpaired) electrons. The van der Waals surface area contributed by atoms with Gasteiger partial charge in [0.25, 0.3) is 0 Å². The van der Waals surface area contributed by atoms with Gasteiger partial charge in [-0.15, -0.1) is 0 Å². The molecule has 0 spiro atoms.